The Kier molecular flexibility index (Phi) is 3.94. The van der Waals surface area contributed by atoms with Gasteiger partial charge in [-0.05, 0) is 36.8 Å². The van der Waals surface area contributed by atoms with E-state index in [0.29, 0.717) is 5.56 Å². The molecule has 2 aromatic carbocycles. The molecule has 0 aromatic heterocycles. The highest BCUT2D eigenvalue weighted by Crippen LogP contribution is 2.26. The molecule has 0 heterocycles. The van der Waals surface area contributed by atoms with Crippen LogP contribution in [0.15, 0.2) is 47.4 Å². The van der Waals surface area contributed by atoms with E-state index in [0.717, 1.165) is 6.07 Å². The molecule has 0 radical (unpaired) electrons. The van der Waals surface area contributed by atoms with Crippen LogP contribution in [-0.4, -0.2) is 15.5 Å². The van der Waals surface area contributed by atoms with Gasteiger partial charge >= 0.3 is 0 Å². The zero-order chi connectivity index (χ0) is 14.8. The lowest BCUT2D eigenvalue weighted by atomic mass is 10.2. The van der Waals surface area contributed by atoms with Crippen LogP contribution in [0.4, 0.5) is 10.1 Å². The number of sulfonamides is 1. The number of benzene rings is 2. The molecule has 4 nitrogen and oxygen atoms in total. The quantitative estimate of drug-likeness (QED) is 0.943. The molecule has 0 atom stereocenters. The molecule has 106 valence electrons. The second kappa shape index (κ2) is 5.50. The van der Waals surface area contributed by atoms with Crippen molar-refractivity contribution in [3.63, 3.8) is 0 Å². The highest BCUT2D eigenvalue weighted by atomic mass is 32.2. The Morgan fingerprint density at radius 2 is 1.85 bits per heavy atom. The predicted octanol–water partition coefficient (Wildman–Crippen LogP) is 2.94. The largest absolute Gasteiger partial charge is 0.495 e. The Bertz CT molecular complexity index is 729. The Balaban J connectivity index is 2.43. The second-order valence-corrected chi connectivity index (χ2v) is 5.87. The molecule has 1 N–H and O–H groups in total. The minimum Gasteiger partial charge on any atom is -0.495 e. The lowest BCUT2D eigenvalue weighted by molar-refractivity contribution is 0.403. The smallest absolute Gasteiger partial charge is 0.265 e. The number of hydrogen-bond acceptors (Lipinski definition) is 3. The van der Waals surface area contributed by atoms with Crippen molar-refractivity contribution in [2.24, 2.45) is 0 Å². The van der Waals surface area contributed by atoms with Crippen LogP contribution in [0.3, 0.4) is 0 Å². The third-order valence-corrected chi connectivity index (χ3v) is 4.21. The molecule has 0 unspecified atom stereocenters. The SMILES string of the molecule is COc1ccccc1S(=O)(=O)Nc1cc(F)ccc1C. The molecule has 20 heavy (non-hydrogen) atoms. The highest BCUT2D eigenvalue weighted by Gasteiger charge is 2.19. The van der Waals surface area contributed by atoms with Crippen LogP contribution in [0.25, 0.3) is 0 Å². The fraction of sp³-hybridized carbons (Fsp3) is 0.143. The minimum atomic E-state index is -3.84. The number of hydrogen-bond donors (Lipinski definition) is 1. The third kappa shape index (κ3) is 2.91. The Morgan fingerprint density at radius 1 is 1.15 bits per heavy atom. The van der Waals surface area contributed by atoms with Crippen molar-refractivity contribution in [1.29, 1.82) is 0 Å². The fourth-order valence-electron chi connectivity index (χ4n) is 1.74. The predicted molar refractivity (Wildman–Crippen MR) is 74.9 cm³/mol. The molecule has 0 aliphatic rings. The van der Waals surface area contributed by atoms with Crippen molar-refractivity contribution < 1.29 is 17.5 Å². The molecular formula is C14H14FNO3S. The van der Waals surface area contributed by atoms with E-state index in [1.807, 2.05) is 0 Å². The van der Waals surface area contributed by atoms with Gasteiger partial charge in [-0.3, -0.25) is 4.72 Å². The standard InChI is InChI=1S/C14H14FNO3S/c1-10-7-8-11(15)9-12(10)16-20(17,18)14-6-4-3-5-13(14)19-2/h3-9,16H,1-2H3. The van der Waals surface area contributed by atoms with Crippen LogP contribution in [0, 0.1) is 12.7 Å². The van der Waals surface area contributed by atoms with E-state index < -0.39 is 15.8 Å². The maximum atomic E-state index is 13.2. The maximum absolute atomic E-state index is 13.2. The van der Waals surface area contributed by atoms with Crippen molar-refractivity contribution >= 4 is 15.7 Å². The average molecular weight is 295 g/mol. The summed E-state index contributed by atoms with van der Waals surface area (Å²) in [5, 5.41) is 0. The maximum Gasteiger partial charge on any atom is 0.265 e. The first-order valence-electron chi connectivity index (χ1n) is 5.86. The van der Waals surface area contributed by atoms with E-state index in [-0.39, 0.29) is 16.3 Å². The summed E-state index contributed by atoms with van der Waals surface area (Å²) in [6.45, 7) is 1.69. The number of rotatable bonds is 4. The molecule has 0 spiro atoms. The molecule has 6 heteroatoms. The van der Waals surface area contributed by atoms with Gasteiger partial charge in [-0.2, -0.15) is 0 Å². The number of nitrogens with one attached hydrogen (secondary N) is 1. The van der Waals surface area contributed by atoms with Gasteiger partial charge in [-0.1, -0.05) is 18.2 Å². The monoisotopic (exact) mass is 295 g/mol. The molecular weight excluding hydrogens is 281 g/mol. The summed E-state index contributed by atoms with van der Waals surface area (Å²) in [6.07, 6.45) is 0. The summed E-state index contributed by atoms with van der Waals surface area (Å²) >= 11 is 0. The molecule has 0 bridgehead atoms. The van der Waals surface area contributed by atoms with Crippen LogP contribution >= 0.6 is 0 Å². The summed E-state index contributed by atoms with van der Waals surface area (Å²) < 4.78 is 45.3. The number of ether oxygens (including phenoxy) is 1. The first kappa shape index (κ1) is 14.3. The van der Waals surface area contributed by atoms with Crippen LogP contribution in [-0.2, 0) is 10.0 Å². The van der Waals surface area contributed by atoms with E-state index in [4.69, 9.17) is 4.74 Å². The summed E-state index contributed by atoms with van der Waals surface area (Å²) in [6, 6.07) is 10.2. The highest BCUT2D eigenvalue weighted by molar-refractivity contribution is 7.92. The molecule has 0 fully saturated rings. The van der Waals surface area contributed by atoms with Gasteiger partial charge in [0.2, 0.25) is 0 Å². The fourth-order valence-corrected chi connectivity index (χ4v) is 3.04. The van der Waals surface area contributed by atoms with E-state index in [2.05, 4.69) is 4.72 Å². The van der Waals surface area contributed by atoms with Gasteiger partial charge < -0.3 is 4.74 Å². The topological polar surface area (TPSA) is 55.4 Å². The van der Waals surface area contributed by atoms with E-state index in [9.17, 15) is 12.8 Å². The van der Waals surface area contributed by atoms with Gasteiger partial charge in [0.1, 0.15) is 16.5 Å². The van der Waals surface area contributed by atoms with E-state index in [1.54, 1.807) is 25.1 Å². The minimum absolute atomic E-state index is 0.00570. The first-order valence-corrected chi connectivity index (χ1v) is 7.34. The summed E-state index contributed by atoms with van der Waals surface area (Å²) in [5.74, 6) is -0.276. The number of para-hydroxylation sites is 1. The van der Waals surface area contributed by atoms with Crippen LogP contribution in [0.5, 0.6) is 5.75 Å². The molecule has 2 aromatic rings. The lowest BCUT2D eigenvalue weighted by Gasteiger charge is -2.13. The number of halogens is 1. The summed E-state index contributed by atoms with van der Waals surface area (Å²) in [5.41, 5.74) is 0.834. The lowest BCUT2D eigenvalue weighted by Crippen LogP contribution is -2.15. The molecule has 2 rings (SSSR count). The normalized spacial score (nSPS) is 11.2. The average Bonchev–Trinajstić information content (AvgIpc) is 2.42. The van der Waals surface area contributed by atoms with E-state index >= 15 is 0 Å². The van der Waals surface area contributed by atoms with E-state index in [1.165, 1.54) is 25.3 Å². The Labute approximate surface area is 117 Å². The number of anilines is 1. The first-order chi connectivity index (χ1) is 9.44. The summed E-state index contributed by atoms with van der Waals surface area (Å²) in [4.78, 5) is 0.00570. The van der Waals surface area contributed by atoms with Gasteiger partial charge in [-0.25, -0.2) is 12.8 Å². The molecule has 0 saturated carbocycles. The van der Waals surface area contributed by atoms with Crippen LogP contribution < -0.4 is 9.46 Å². The number of methoxy groups -OCH3 is 1. The van der Waals surface area contributed by atoms with Crippen LogP contribution in [0.1, 0.15) is 5.56 Å². The third-order valence-electron chi connectivity index (χ3n) is 2.80. The van der Waals surface area contributed by atoms with Gasteiger partial charge in [0.15, 0.2) is 0 Å². The van der Waals surface area contributed by atoms with Crippen molar-refractivity contribution in [3.05, 3.63) is 53.8 Å². The van der Waals surface area contributed by atoms with Gasteiger partial charge in [0.25, 0.3) is 10.0 Å². The van der Waals surface area contributed by atoms with Crippen molar-refractivity contribution in [3.8, 4) is 5.75 Å². The van der Waals surface area contributed by atoms with Gasteiger partial charge in [-0.15, -0.1) is 0 Å². The molecule has 0 aliphatic heterocycles. The van der Waals surface area contributed by atoms with Gasteiger partial charge in [0, 0.05) is 0 Å². The van der Waals surface area contributed by atoms with Crippen molar-refractivity contribution in [1.82, 2.24) is 0 Å². The van der Waals surface area contributed by atoms with Crippen LogP contribution in [0.2, 0.25) is 0 Å². The zero-order valence-electron chi connectivity index (χ0n) is 11.1. The Morgan fingerprint density at radius 3 is 2.55 bits per heavy atom. The van der Waals surface area contributed by atoms with Crippen molar-refractivity contribution in [2.75, 3.05) is 11.8 Å². The molecule has 0 amide bonds. The second-order valence-electron chi connectivity index (χ2n) is 4.22. The van der Waals surface area contributed by atoms with Crippen molar-refractivity contribution in [2.45, 2.75) is 11.8 Å². The molecule has 0 saturated heterocycles. The molecule has 0 aliphatic carbocycles. The number of aryl methyl sites for hydroxylation is 1. The zero-order valence-corrected chi connectivity index (χ0v) is 11.9. The Hall–Kier alpha value is -2.08. The summed E-state index contributed by atoms with van der Waals surface area (Å²) in [7, 11) is -2.45. The van der Waals surface area contributed by atoms with Gasteiger partial charge in [0.05, 0.1) is 12.8 Å².